The molecule has 0 heterocycles. The Morgan fingerprint density at radius 3 is 2.57 bits per heavy atom. The molecule has 0 atom stereocenters. The van der Waals surface area contributed by atoms with E-state index in [1.165, 1.54) is 24.3 Å². The van der Waals surface area contributed by atoms with E-state index in [1.807, 2.05) is 0 Å². The van der Waals surface area contributed by atoms with E-state index in [0.717, 1.165) is 6.21 Å². The van der Waals surface area contributed by atoms with E-state index in [-0.39, 0.29) is 21.9 Å². The molecule has 21 heavy (non-hydrogen) atoms. The van der Waals surface area contributed by atoms with Crippen LogP contribution < -0.4 is 5.43 Å². The van der Waals surface area contributed by atoms with Crippen molar-refractivity contribution in [3.8, 4) is 17.2 Å². The molecule has 0 bridgehead atoms. The Morgan fingerprint density at radius 2 is 1.86 bits per heavy atom. The minimum Gasteiger partial charge on any atom is -0.507 e. The van der Waals surface area contributed by atoms with E-state index in [4.69, 9.17) is 11.6 Å². The number of benzene rings is 2. The van der Waals surface area contributed by atoms with Crippen molar-refractivity contribution in [3.05, 3.63) is 52.5 Å². The van der Waals surface area contributed by atoms with Crippen molar-refractivity contribution in [1.29, 1.82) is 0 Å². The van der Waals surface area contributed by atoms with Crippen molar-refractivity contribution >= 4 is 23.7 Å². The van der Waals surface area contributed by atoms with Crippen molar-refractivity contribution in [3.63, 3.8) is 0 Å². The average Bonchev–Trinajstić information content (AvgIpc) is 2.44. The number of hydrogen-bond acceptors (Lipinski definition) is 5. The first-order valence-corrected chi connectivity index (χ1v) is 6.19. The van der Waals surface area contributed by atoms with Gasteiger partial charge in [0.05, 0.1) is 11.8 Å². The molecular weight excluding hydrogens is 296 g/mol. The van der Waals surface area contributed by atoms with Crippen LogP contribution in [0.25, 0.3) is 0 Å². The molecule has 2 aromatic carbocycles. The Kier molecular flexibility index (Phi) is 4.30. The maximum absolute atomic E-state index is 11.8. The molecule has 2 rings (SSSR count). The summed E-state index contributed by atoms with van der Waals surface area (Å²) < 4.78 is 0. The minimum atomic E-state index is -0.616. The van der Waals surface area contributed by atoms with E-state index in [9.17, 15) is 20.1 Å². The van der Waals surface area contributed by atoms with Gasteiger partial charge in [-0.3, -0.25) is 4.79 Å². The molecule has 0 radical (unpaired) electrons. The maximum atomic E-state index is 11.8. The number of phenolic OH excluding ortho intramolecular Hbond substituents is 3. The number of para-hydroxylation sites is 1. The molecule has 1 amide bonds. The van der Waals surface area contributed by atoms with E-state index < -0.39 is 17.4 Å². The molecule has 0 aromatic heterocycles. The van der Waals surface area contributed by atoms with Gasteiger partial charge in [-0.25, -0.2) is 5.43 Å². The van der Waals surface area contributed by atoms with Crippen LogP contribution in [0.3, 0.4) is 0 Å². The fraction of sp³-hybridized carbons (Fsp3) is 0. The largest absolute Gasteiger partial charge is 0.507 e. The van der Waals surface area contributed by atoms with Crippen LogP contribution in [-0.4, -0.2) is 27.4 Å². The lowest BCUT2D eigenvalue weighted by molar-refractivity contribution is 0.0952. The lowest BCUT2D eigenvalue weighted by Crippen LogP contribution is -2.17. The summed E-state index contributed by atoms with van der Waals surface area (Å²) in [6.07, 6.45) is 1.12. The highest BCUT2D eigenvalue weighted by atomic mass is 35.5. The van der Waals surface area contributed by atoms with Gasteiger partial charge in [0.1, 0.15) is 5.75 Å². The van der Waals surface area contributed by atoms with Crippen molar-refractivity contribution < 1.29 is 20.1 Å². The maximum Gasteiger partial charge on any atom is 0.275 e. The highest BCUT2D eigenvalue weighted by Gasteiger charge is 2.09. The quantitative estimate of drug-likeness (QED) is 0.396. The number of carbonyl (C=O) groups is 1. The average molecular weight is 307 g/mol. The summed E-state index contributed by atoms with van der Waals surface area (Å²) in [5.41, 5.74) is 2.39. The molecule has 108 valence electrons. The standard InChI is InChI=1S/C14H11ClN2O4/c15-9-5-8(13(20)12(19)6-9)7-16-17-14(21)10-3-1-2-4-11(10)18/h1-7,18-20H,(H,17,21)/b16-7+. The second kappa shape index (κ2) is 6.15. The number of rotatable bonds is 3. The van der Waals surface area contributed by atoms with Crippen LogP contribution in [-0.2, 0) is 0 Å². The Labute approximate surface area is 124 Å². The SMILES string of the molecule is O=C(N/N=C/c1cc(Cl)cc(O)c1O)c1ccccc1O. The van der Waals surface area contributed by atoms with Crippen LogP contribution in [0.15, 0.2) is 41.5 Å². The predicted octanol–water partition coefficient (Wildman–Crippen LogP) is 2.22. The van der Waals surface area contributed by atoms with Crippen molar-refractivity contribution in [2.45, 2.75) is 0 Å². The predicted molar refractivity (Wildman–Crippen MR) is 77.9 cm³/mol. The lowest BCUT2D eigenvalue weighted by atomic mass is 10.2. The summed E-state index contributed by atoms with van der Waals surface area (Å²) in [6.45, 7) is 0. The molecule has 2 aromatic rings. The number of hydrazone groups is 1. The summed E-state index contributed by atoms with van der Waals surface area (Å²) >= 11 is 5.73. The van der Waals surface area contributed by atoms with Crippen LogP contribution in [0.4, 0.5) is 0 Å². The number of amides is 1. The Morgan fingerprint density at radius 1 is 1.14 bits per heavy atom. The van der Waals surface area contributed by atoms with Gasteiger partial charge in [-0.05, 0) is 18.2 Å². The molecular formula is C14H11ClN2O4. The fourth-order valence-electron chi connectivity index (χ4n) is 1.59. The second-order valence-electron chi connectivity index (χ2n) is 4.08. The van der Waals surface area contributed by atoms with Crippen molar-refractivity contribution in [2.24, 2.45) is 5.10 Å². The van der Waals surface area contributed by atoms with E-state index >= 15 is 0 Å². The van der Waals surface area contributed by atoms with Crippen molar-refractivity contribution in [1.82, 2.24) is 5.43 Å². The van der Waals surface area contributed by atoms with Gasteiger partial charge >= 0.3 is 0 Å². The molecule has 0 fully saturated rings. The first kappa shape index (κ1) is 14.7. The Balaban J connectivity index is 2.13. The zero-order chi connectivity index (χ0) is 15.4. The zero-order valence-electron chi connectivity index (χ0n) is 10.6. The van der Waals surface area contributed by atoms with Gasteiger partial charge in [0, 0.05) is 16.7 Å². The number of phenols is 3. The third kappa shape index (κ3) is 3.43. The first-order valence-electron chi connectivity index (χ1n) is 5.82. The molecule has 0 aliphatic heterocycles. The number of carbonyl (C=O) groups excluding carboxylic acids is 1. The third-order valence-corrected chi connectivity index (χ3v) is 2.82. The molecule has 7 heteroatoms. The van der Waals surface area contributed by atoms with Gasteiger partial charge in [-0.2, -0.15) is 5.10 Å². The smallest absolute Gasteiger partial charge is 0.275 e. The topological polar surface area (TPSA) is 102 Å². The summed E-state index contributed by atoms with van der Waals surface area (Å²) in [4.78, 5) is 11.8. The van der Waals surface area contributed by atoms with Gasteiger partial charge in [0.25, 0.3) is 5.91 Å². The van der Waals surface area contributed by atoms with Gasteiger partial charge < -0.3 is 15.3 Å². The monoisotopic (exact) mass is 306 g/mol. The highest BCUT2D eigenvalue weighted by molar-refractivity contribution is 6.31. The summed E-state index contributed by atoms with van der Waals surface area (Å²) in [5.74, 6) is -1.58. The molecule has 0 saturated carbocycles. The minimum absolute atomic E-state index is 0.0628. The van der Waals surface area contributed by atoms with Crippen LogP contribution in [0.5, 0.6) is 17.2 Å². The van der Waals surface area contributed by atoms with Crippen LogP contribution in [0, 0.1) is 0 Å². The van der Waals surface area contributed by atoms with E-state index in [0.29, 0.717) is 0 Å². The number of aromatic hydroxyl groups is 3. The normalized spacial score (nSPS) is 10.7. The van der Waals surface area contributed by atoms with E-state index in [1.54, 1.807) is 12.1 Å². The van der Waals surface area contributed by atoms with Gasteiger partial charge in [0.2, 0.25) is 0 Å². The van der Waals surface area contributed by atoms with Gasteiger partial charge in [0.15, 0.2) is 11.5 Å². The summed E-state index contributed by atoms with van der Waals surface area (Å²) in [7, 11) is 0. The second-order valence-corrected chi connectivity index (χ2v) is 4.52. The summed E-state index contributed by atoms with van der Waals surface area (Å²) in [5, 5.41) is 32.3. The molecule has 0 saturated heterocycles. The molecule has 0 spiro atoms. The van der Waals surface area contributed by atoms with Gasteiger partial charge in [-0.1, -0.05) is 23.7 Å². The highest BCUT2D eigenvalue weighted by Crippen LogP contribution is 2.31. The molecule has 0 aliphatic carbocycles. The number of nitrogens with one attached hydrogen (secondary N) is 1. The summed E-state index contributed by atoms with van der Waals surface area (Å²) in [6, 6.07) is 8.53. The number of hydrogen-bond donors (Lipinski definition) is 4. The fourth-order valence-corrected chi connectivity index (χ4v) is 1.81. The Hall–Kier alpha value is -2.73. The van der Waals surface area contributed by atoms with Crippen LogP contribution in [0.1, 0.15) is 15.9 Å². The third-order valence-electron chi connectivity index (χ3n) is 2.60. The van der Waals surface area contributed by atoms with Crippen molar-refractivity contribution in [2.75, 3.05) is 0 Å². The van der Waals surface area contributed by atoms with Crippen LogP contribution in [0.2, 0.25) is 5.02 Å². The molecule has 0 aliphatic rings. The zero-order valence-corrected chi connectivity index (χ0v) is 11.4. The Bertz CT molecular complexity index is 716. The molecule has 6 nitrogen and oxygen atoms in total. The van der Waals surface area contributed by atoms with E-state index in [2.05, 4.69) is 10.5 Å². The lowest BCUT2D eigenvalue weighted by Gasteiger charge is -2.04. The van der Waals surface area contributed by atoms with Crippen LogP contribution >= 0.6 is 11.6 Å². The number of nitrogens with zero attached hydrogens (tertiary/aromatic N) is 1. The van der Waals surface area contributed by atoms with Gasteiger partial charge in [-0.15, -0.1) is 0 Å². The molecule has 4 N–H and O–H groups in total. The first-order chi connectivity index (χ1) is 9.99. The number of halogens is 1. The molecule has 0 unspecified atom stereocenters.